The van der Waals surface area contributed by atoms with Crippen LogP contribution in [0.3, 0.4) is 0 Å². The van der Waals surface area contributed by atoms with Crippen molar-refractivity contribution in [2.75, 3.05) is 0 Å². The second-order valence-corrected chi connectivity index (χ2v) is 6.62. The maximum Gasteiger partial charge on any atom is 0.420 e. The summed E-state index contributed by atoms with van der Waals surface area (Å²) in [6.07, 6.45) is 1.48. The van der Waals surface area contributed by atoms with Gasteiger partial charge in [0.15, 0.2) is 5.58 Å². The Bertz CT molecular complexity index is 844. The number of fused-ring (bicyclic) bond motifs is 1. The zero-order valence-corrected chi connectivity index (χ0v) is 13.5. The first-order chi connectivity index (χ1) is 10.8. The van der Waals surface area contributed by atoms with Crippen LogP contribution in [0.1, 0.15) is 51.6 Å². The van der Waals surface area contributed by atoms with Crippen molar-refractivity contribution in [1.82, 2.24) is 9.88 Å². The van der Waals surface area contributed by atoms with Gasteiger partial charge in [-0.3, -0.25) is 19.5 Å². The lowest BCUT2D eigenvalue weighted by Crippen LogP contribution is -2.43. The van der Waals surface area contributed by atoms with Crippen LogP contribution in [0.2, 0.25) is 0 Å². The SMILES string of the molecule is CCC(C)(C)c1ccc2c(c1)oc(=O)n2[C@H]1CCC(=O)NC1=O. The molecule has 0 spiro atoms. The number of carbonyl (C=O) groups excluding carboxylic acids is 2. The highest BCUT2D eigenvalue weighted by molar-refractivity contribution is 6.00. The maximum absolute atomic E-state index is 12.2. The molecule has 1 aliphatic rings. The van der Waals surface area contributed by atoms with Crippen molar-refractivity contribution in [2.24, 2.45) is 0 Å². The minimum absolute atomic E-state index is 0.0243. The highest BCUT2D eigenvalue weighted by Gasteiger charge is 2.31. The summed E-state index contributed by atoms with van der Waals surface area (Å²) in [5.74, 6) is -1.33. The van der Waals surface area contributed by atoms with E-state index in [4.69, 9.17) is 4.42 Å². The molecule has 0 unspecified atom stereocenters. The van der Waals surface area contributed by atoms with E-state index < -0.39 is 17.7 Å². The number of imide groups is 1. The second kappa shape index (κ2) is 5.37. The number of nitrogens with one attached hydrogen (secondary N) is 1. The maximum atomic E-state index is 12.2. The van der Waals surface area contributed by atoms with E-state index in [2.05, 4.69) is 26.1 Å². The zero-order valence-electron chi connectivity index (χ0n) is 13.5. The van der Waals surface area contributed by atoms with Crippen LogP contribution in [0.25, 0.3) is 11.1 Å². The van der Waals surface area contributed by atoms with Crippen LogP contribution in [-0.2, 0) is 15.0 Å². The van der Waals surface area contributed by atoms with Crippen LogP contribution in [0, 0.1) is 0 Å². The van der Waals surface area contributed by atoms with Gasteiger partial charge in [-0.25, -0.2) is 4.79 Å². The number of amides is 2. The molecule has 6 heteroatoms. The standard InChI is InChI=1S/C17H20N2O4/c1-4-17(2,3)10-5-6-11-13(9-10)23-16(22)19(11)12-7-8-14(20)18-15(12)21/h5-6,9,12H,4,7-8H2,1-3H3,(H,18,20,21)/t12-/m0/s1. The van der Waals surface area contributed by atoms with Crippen molar-refractivity contribution in [3.05, 3.63) is 34.3 Å². The van der Waals surface area contributed by atoms with E-state index in [1.165, 1.54) is 4.57 Å². The summed E-state index contributed by atoms with van der Waals surface area (Å²) >= 11 is 0. The molecule has 1 aromatic heterocycles. The fourth-order valence-electron chi connectivity index (χ4n) is 2.89. The number of piperidine rings is 1. The lowest BCUT2D eigenvalue weighted by atomic mass is 9.82. The Kier molecular flexibility index (Phi) is 3.62. The number of benzene rings is 1. The molecular formula is C17H20N2O4. The molecule has 0 saturated carbocycles. The third kappa shape index (κ3) is 2.58. The molecule has 0 radical (unpaired) electrons. The Morgan fingerprint density at radius 1 is 1.30 bits per heavy atom. The molecule has 6 nitrogen and oxygen atoms in total. The molecular weight excluding hydrogens is 296 g/mol. The average molecular weight is 316 g/mol. The van der Waals surface area contributed by atoms with Crippen molar-refractivity contribution in [3.8, 4) is 0 Å². The molecule has 0 aliphatic carbocycles. The van der Waals surface area contributed by atoms with Gasteiger partial charge < -0.3 is 4.42 Å². The molecule has 2 aromatic rings. The molecule has 1 aromatic carbocycles. The molecule has 2 heterocycles. The van der Waals surface area contributed by atoms with Gasteiger partial charge in [-0.05, 0) is 36.0 Å². The van der Waals surface area contributed by atoms with Crippen LogP contribution >= 0.6 is 0 Å². The Morgan fingerprint density at radius 3 is 2.70 bits per heavy atom. The number of rotatable bonds is 3. The van der Waals surface area contributed by atoms with E-state index in [0.29, 0.717) is 17.5 Å². The topological polar surface area (TPSA) is 81.3 Å². The van der Waals surface area contributed by atoms with Gasteiger partial charge in [0, 0.05) is 6.42 Å². The fourth-order valence-corrected chi connectivity index (χ4v) is 2.89. The third-order valence-corrected chi connectivity index (χ3v) is 4.80. The average Bonchev–Trinajstić information content (AvgIpc) is 2.82. The molecule has 0 bridgehead atoms. The molecule has 1 aliphatic heterocycles. The van der Waals surface area contributed by atoms with Gasteiger partial charge in [-0.15, -0.1) is 0 Å². The predicted octanol–water partition coefficient (Wildman–Crippen LogP) is 2.26. The summed E-state index contributed by atoms with van der Waals surface area (Å²) in [5, 5.41) is 2.28. The second-order valence-electron chi connectivity index (χ2n) is 6.62. The molecule has 1 saturated heterocycles. The number of aromatic nitrogens is 1. The van der Waals surface area contributed by atoms with Gasteiger partial charge >= 0.3 is 5.76 Å². The normalized spacial score (nSPS) is 19.2. The first kappa shape index (κ1) is 15.5. The Hall–Kier alpha value is -2.37. The van der Waals surface area contributed by atoms with Crippen molar-refractivity contribution in [3.63, 3.8) is 0 Å². The van der Waals surface area contributed by atoms with E-state index in [-0.39, 0.29) is 17.7 Å². The smallest absolute Gasteiger partial charge is 0.408 e. The fraction of sp³-hybridized carbons (Fsp3) is 0.471. The summed E-state index contributed by atoms with van der Waals surface area (Å²) in [6.45, 7) is 6.36. The molecule has 2 amide bonds. The van der Waals surface area contributed by atoms with Crippen molar-refractivity contribution in [1.29, 1.82) is 0 Å². The summed E-state index contributed by atoms with van der Waals surface area (Å²) < 4.78 is 6.70. The molecule has 1 fully saturated rings. The minimum Gasteiger partial charge on any atom is -0.408 e. The predicted molar refractivity (Wildman–Crippen MR) is 85.2 cm³/mol. The van der Waals surface area contributed by atoms with Gasteiger partial charge in [-0.1, -0.05) is 26.8 Å². The van der Waals surface area contributed by atoms with E-state index in [9.17, 15) is 14.4 Å². The largest absolute Gasteiger partial charge is 0.420 e. The quantitative estimate of drug-likeness (QED) is 0.881. The highest BCUT2D eigenvalue weighted by atomic mass is 16.4. The summed E-state index contributed by atoms with van der Waals surface area (Å²) in [7, 11) is 0. The van der Waals surface area contributed by atoms with E-state index in [1.54, 1.807) is 0 Å². The van der Waals surface area contributed by atoms with Gasteiger partial charge in [-0.2, -0.15) is 0 Å². The summed E-state index contributed by atoms with van der Waals surface area (Å²) in [5.41, 5.74) is 2.11. The van der Waals surface area contributed by atoms with Crippen LogP contribution in [0.4, 0.5) is 0 Å². The molecule has 3 rings (SSSR count). The van der Waals surface area contributed by atoms with Gasteiger partial charge in [0.2, 0.25) is 11.8 Å². The van der Waals surface area contributed by atoms with Gasteiger partial charge in [0.05, 0.1) is 5.52 Å². The zero-order chi connectivity index (χ0) is 16.8. The minimum atomic E-state index is -0.702. The number of nitrogens with zero attached hydrogens (tertiary/aromatic N) is 1. The lowest BCUT2D eigenvalue weighted by Gasteiger charge is -2.23. The Balaban J connectivity index is 2.09. The first-order valence-corrected chi connectivity index (χ1v) is 7.83. The van der Waals surface area contributed by atoms with Gasteiger partial charge in [0.1, 0.15) is 6.04 Å². The number of oxazole rings is 1. The third-order valence-electron chi connectivity index (χ3n) is 4.80. The van der Waals surface area contributed by atoms with E-state index >= 15 is 0 Å². The molecule has 122 valence electrons. The van der Waals surface area contributed by atoms with Gasteiger partial charge in [0.25, 0.3) is 0 Å². The number of hydrogen-bond acceptors (Lipinski definition) is 4. The molecule has 23 heavy (non-hydrogen) atoms. The lowest BCUT2D eigenvalue weighted by molar-refractivity contribution is -0.135. The Labute approximate surface area is 133 Å². The van der Waals surface area contributed by atoms with Crippen LogP contribution in [0.15, 0.2) is 27.4 Å². The number of carbonyl (C=O) groups is 2. The van der Waals surface area contributed by atoms with Crippen molar-refractivity contribution >= 4 is 22.9 Å². The molecule has 1 atom stereocenters. The molecule has 1 N–H and O–H groups in total. The van der Waals surface area contributed by atoms with Crippen molar-refractivity contribution < 1.29 is 14.0 Å². The van der Waals surface area contributed by atoms with Crippen LogP contribution < -0.4 is 11.1 Å². The van der Waals surface area contributed by atoms with E-state index in [1.807, 2.05) is 18.2 Å². The highest BCUT2D eigenvalue weighted by Crippen LogP contribution is 2.30. The van der Waals surface area contributed by atoms with Crippen molar-refractivity contribution in [2.45, 2.75) is 51.5 Å². The van der Waals surface area contributed by atoms with E-state index in [0.717, 1.165) is 12.0 Å². The summed E-state index contributed by atoms with van der Waals surface area (Å²) in [6, 6.07) is 4.94. The first-order valence-electron chi connectivity index (χ1n) is 7.83. The van der Waals surface area contributed by atoms with Crippen LogP contribution in [-0.4, -0.2) is 16.4 Å². The Morgan fingerprint density at radius 2 is 2.04 bits per heavy atom. The number of hydrogen-bond donors (Lipinski definition) is 1. The monoisotopic (exact) mass is 316 g/mol. The van der Waals surface area contributed by atoms with Crippen LogP contribution in [0.5, 0.6) is 0 Å². The summed E-state index contributed by atoms with van der Waals surface area (Å²) in [4.78, 5) is 35.5.